The molecule has 19 heavy (non-hydrogen) atoms. The number of hydrogen-bond donors (Lipinski definition) is 2. The minimum absolute atomic E-state index is 0.0532. The zero-order valence-corrected chi connectivity index (χ0v) is 11.6. The van der Waals surface area contributed by atoms with Gasteiger partial charge in [-0.3, -0.25) is 4.79 Å². The summed E-state index contributed by atoms with van der Waals surface area (Å²) in [7, 11) is 0. The number of nitrogens with two attached hydrogens (primary N) is 1. The van der Waals surface area contributed by atoms with Crippen molar-refractivity contribution in [2.24, 2.45) is 5.73 Å². The number of nitrogens with one attached hydrogen (secondary N) is 1. The highest BCUT2D eigenvalue weighted by Gasteiger charge is 2.14. The van der Waals surface area contributed by atoms with Crippen molar-refractivity contribution >= 4 is 17.2 Å². The summed E-state index contributed by atoms with van der Waals surface area (Å²) in [4.78, 5) is 17.1. The molecular formula is C13H17N3O2S. The summed E-state index contributed by atoms with van der Waals surface area (Å²) in [5.74, 6) is 1.22. The molecule has 6 heteroatoms. The van der Waals surface area contributed by atoms with Crippen LogP contribution < -0.4 is 11.1 Å². The van der Waals surface area contributed by atoms with Gasteiger partial charge in [-0.15, -0.1) is 11.3 Å². The molecule has 1 amide bonds. The third-order valence-corrected chi connectivity index (χ3v) is 3.51. The minimum atomic E-state index is -0.0532. The molecular weight excluding hydrogens is 262 g/mol. The van der Waals surface area contributed by atoms with Crippen LogP contribution in [0.25, 0.3) is 10.8 Å². The number of oxazole rings is 1. The van der Waals surface area contributed by atoms with Crippen LogP contribution in [0.5, 0.6) is 0 Å². The Hall–Kier alpha value is -1.66. The minimum Gasteiger partial charge on any atom is -0.440 e. The molecule has 2 rings (SSSR count). The van der Waals surface area contributed by atoms with Crippen molar-refractivity contribution in [1.82, 2.24) is 10.3 Å². The van der Waals surface area contributed by atoms with Crippen LogP contribution in [0.1, 0.15) is 17.9 Å². The lowest BCUT2D eigenvalue weighted by molar-refractivity contribution is -0.120. The summed E-state index contributed by atoms with van der Waals surface area (Å²) in [5.41, 5.74) is 6.06. The van der Waals surface area contributed by atoms with Crippen molar-refractivity contribution in [2.75, 3.05) is 13.1 Å². The Bertz CT molecular complexity index is 534. The van der Waals surface area contributed by atoms with E-state index in [-0.39, 0.29) is 12.3 Å². The Morgan fingerprint density at radius 1 is 1.58 bits per heavy atom. The summed E-state index contributed by atoms with van der Waals surface area (Å²) < 4.78 is 5.58. The number of hydrogen-bond acceptors (Lipinski definition) is 5. The van der Waals surface area contributed by atoms with Crippen LogP contribution in [0.15, 0.2) is 21.9 Å². The lowest BCUT2D eigenvalue weighted by Gasteiger charge is -2.02. The van der Waals surface area contributed by atoms with Crippen molar-refractivity contribution in [3.8, 4) is 10.8 Å². The van der Waals surface area contributed by atoms with Crippen LogP contribution >= 0.6 is 11.3 Å². The second kappa shape index (κ2) is 6.49. The van der Waals surface area contributed by atoms with Gasteiger partial charge in [0.25, 0.3) is 0 Å². The Kier molecular flexibility index (Phi) is 4.70. The lowest BCUT2D eigenvalue weighted by atomic mass is 10.2. The fourth-order valence-corrected chi connectivity index (χ4v) is 2.29. The van der Waals surface area contributed by atoms with Crippen molar-refractivity contribution in [1.29, 1.82) is 0 Å². The molecule has 3 N–H and O–H groups in total. The van der Waals surface area contributed by atoms with Gasteiger partial charge in [-0.2, -0.15) is 0 Å². The second-order valence-corrected chi connectivity index (χ2v) is 5.12. The Morgan fingerprint density at radius 3 is 3.11 bits per heavy atom. The molecule has 2 aromatic rings. The van der Waals surface area contributed by atoms with Crippen LogP contribution in [0.4, 0.5) is 0 Å². The molecule has 102 valence electrons. The summed E-state index contributed by atoms with van der Waals surface area (Å²) in [6.07, 6.45) is 1.02. The van der Waals surface area contributed by atoms with Crippen molar-refractivity contribution in [2.45, 2.75) is 19.8 Å². The first-order valence-electron chi connectivity index (χ1n) is 6.17. The van der Waals surface area contributed by atoms with Crippen LogP contribution in [0.3, 0.4) is 0 Å². The first-order valence-corrected chi connectivity index (χ1v) is 7.05. The van der Waals surface area contributed by atoms with Gasteiger partial charge in [0.1, 0.15) is 5.76 Å². The molecule has 0 radical (unpaired) electrons. The number of carbonyl (C=O) groups excluding carboxylic acids is 1. The maximum Gasteiger partial charge on any atom is 0.236 e. The SMILES string of the molecule is Cc1oc(-c2cccs2)nc1CC(=O)NCCCN. The average Bonchev–Trinajstić information content (AvgIpc) is 3.00. The molecule has 2 heterocycles. The second-order valence-electron chi connectivity index (χ2n) is 4.17. The van der Waals surface area contributed by atoms with Gasteiger partial charge in [0.15, 0.2) is 0 Å². The van der Waals surface area contributed by atoms with E-state index in [0.29, 0.717) is 30.4 Å². The van der Waals surface area contributed by atoms with Crippen molar-refractivity contribution in [3.63, 3.8) is 0 Å². The Labute approximate surface area is 115 Å². The number of nitrogens with zero attached hydrogens (tertiary/aromatic N) is 1. The quantitative estimate of drug-likeness (QED) is 0.789. The molecule has 0 atom stereocenters. The molecule has 0 aliphatic rings. The molecule has 0 fully saturated rings. The van der Waals surface area contributed by atoms with E-state index in [0.717, 1.165) is 11.3 Å². The summed E-state index contributed by atoms with van der Waals surface area (Å²) in [5, 5.41) is 4.77. The zero-order chi connectivity index (χ0) is 13.7. The molecule has 0 spiro atoms. The predicted octanol–water partition coefficient (Wildman–Crippen LogP) is 1.72. The monoisotopic (exact) mass is 279 g/mol. The van der Waals surface area contributed by atoms with E-state index < -0.39 is 0 Å². The van der Waals surface area contributed by atoms with Gasteiger partial charge in [-0.1, -0.05) is 6.07 Å². The standard InChI is InChI=1S/C13H17N3O2S/c1-9-10(8-12(17)15-6-3-5-14)16-13(18-9)11-4-2-7-19-11/h2,4,7H,3,5-6,8,14H2,1H3,(H,15,17). The van der Waals surface area contributed by atoms with Crippen LogP contribution in [0, 0.1) is 6.92 Å². The molecule has 2 aromatic heterocycles. The van der Waals surface area contributed by atoms with E-state index in [4.69, 9.17) is 10.2 Å². The number of amides is 1. The fourth-order valence-electron chi connectivity index (χ4n) is 1.64. The summed E-state index contributed by atoms with van der Waals surface area (Å²) in [6.45, 7) is 3.00. The normalized spacial score (nSPS) is 10.6. The summed E-state index contributed by atoms with van der Waals surface area (Å²) >= 11 is 1.56. The maximum atomic E-state index is 11.7. The molecule has 5 nitrogen and oxygen atoms in total. The molecule has 0 aliphatic heterocycles. The lowest BCUT2D eigenvalue weighted by Crippen LogP contribution is -2.27. The van der Waals surface area contributed by atoms with Crippen molar-refractivity contribution in [3.05, 3.63) is 29.0 Å². The highest BCUT2D eigenvalue weighted by Crippen LogP contribution is 2.25. The van der Waals surface area contributed by atoms with Gasteiger partial charge in [0.2, 0.25) is 11.8 Å². The number of aryl methyl sites for hydroxylation is 1. The molecule has 0 bridgehead atoms. The molecule has 0 unspecified atom stereocenters. The smallest absolute Gasteiger partial charge is 0.236 e. The van der Waals surface area contributed by atoms with E-state index in [9.17, 15) is 4.79 Å². The van der Waals surface area contributed by atoms with Crippen molar-refractivity contribution < 1.29 is 9.21 Å². The molecule has 0 aliphatic carbocycles. The zero-order valence-electron chi connectivity index (χ0n) is 10.8. The van der Waals surface area contributed by atoms with Crippen LogP contribution in [-0.4, -0.2) is 24.0 Å². The van der Waals surface area contributed by atoms with Gasteiger partial charge < -0.3 is 15.5 Å². The number of carbonyl (C=O) groups is 1. The largest absolute Gasteiger partial charge is 0.440 e. The predicted molar refractivity (Wildman–Crippen MR) is 74.9 cm³/mol. The van der Waals surface area contributed by atoms with E-state index >= 15 is 0 Å². The number of aromatic nitrogens is 1. The Morgan fingerprint density at radius 2 is 2.42 bits per heavy atom. The van der Waals surface area contributed by atoms with Gasteiger partial charge in [0.05, 0.1) is 17.0 Å². The fraction of sp³-hybridized carbons (Fsp3) is 0.385. The van der Waals surface area contributed by atoms with E-state index in [1.807, 2.05) is 24.4 Å². The average molecular weight is 279 g/mol. The highest BCUT2D eigenvalue weighted by molar-refractivity contribution is 7.13. The van der Waals surface area contributed by atoms with Gasteiger partial charge in [-0.05, 0) is 31.3 Å². The number of thiophene rings is 1. The first kappa shape index (κ1) is 13.8. The van der Waals surface area contributed by atoms with Gasteiger partial charge in [-0.25, -0.2) is 4.98 Å². The first-order chi connectivity index (χ1) is 9.20. The molecule has 0 saturated carbocycles. The third-order valence-electron chi connectivity index (χ3n) is 2.66. The molecule has 0 saturated heterocycles. The Balaban J connectivity index is 1.99. The van der Waals surface area contributed by atoms with E-state index in [1.54, 1.807) is 11.3 Å². The van der Waals surface area contributed by atoms with E-state index in [2.05, 4.69) is 10.3 Å². The van der Waals surface area contributed by atoms with Crippen LogP contribution in [-0.2, 0) is 11.2 Å². The topological polar surface area (TPSA) is 81.2 Å². The number of rotatable bonds is 6. The molecule has 0 aromatic carbocycles. The summed E-state index contributed by atoms with van der Waals surface area (Å²) in [6, 6.07) is 3.89. The highest BCUT2D eigenvalue weighted by atomic mass is 32.1. The van der Waals surface area contributed by atoms with Gasteiger partial charge in [0, 0.05) is 6.54 Å². The van der Waals surface area contributed by atoms with E-state index in [1.165, 1.54) is 0 Å². The van der Waals surface area contributed by atoms with Crippen LogP contribution in [0.2, 0.25) is 0 Å². The third kappa shape index (κ3) is 3.65. The maximum absolute atomic E-state index is 11.7. The van der Waals surface area contributed by atoms with Gasteiger partial charge >= 0.3 is 0 Å².